The second-order valence-electron chi connectivity index (χ2n) is 13.6. The number of ketones is 1. The Morgan fingerprint density at radius 3 is 1.09 bits per heavy atom. The van der Waals surface area contributed by atoms with Gasteiger partial charge in [-0.05, 0) is 32.9 Å². The van der Waals surface area contributed by atoms with Gasteiger partial charge in [-0.1, -0.05) is 18.2 Å². The van der Waals surface area contributed by atoms with Gasteiger partial charge < -0.3 is 9.42 Å². The van der Waals surface area contributed by atoms with E-state index in [4.69, 9.17) is 14.7 Å². The van der Waals surface area contributed by atoms with E-state index in [-0.39, 0.29) is 22.5 Å². The molecule has 0 saturated heterocycles. The molecule has 0 spiro atoms. The van der Waals surface area contributed by atoms with E-state index in [0.29, 0.717) is 17.9 Å². The molecular formula is C31H59F6N8O26PS8. The van der Waals surface area contributed by atoms with Crippen molar-refractivity contribution in [2.45, 2.75) is 69.6 Å². The molecule has 0 aliphatic rings. The fourth-order valence-electron chi connectivity index (χ4n) is 2.56. The highest BCUT2D eigenvalue weighted by Crippen LogP contribution is 2.34. The van der Waals surface area contributed by atoms with Gasteiger partial charge in [0.2, 0.25) is 63.7 Å². The summed E-state index contributed by atoms with van der Waals surface area (Å²) in [7, 11) is -33.7. The number of amidine groups is 1. The van der Waals surface area contributed by atoms with Gasteiger partial charge in [-0.2, -0.15) is 56.9 Å². The van der Waals surface area contributed by atoms with Crippen LogP contribution >= 0.6 is 7.60 Å². The number of Topliss-reactive ketones (excluding diaryl/α,β-unsaturated/α-hetero) is 1. The lowest BCUT2D eigenvalue weighted by atomic mass is 10.3. The van der Waals surface area contributed by atoms with Crippen LogP contribution in [-0.4, -0.2) is 180 Å². The van der Waals surface area contributed by atoms with E-state index in [1.165, 1.54) is 64.4 Å². The Kier molecular flexibility index (Phi) is 45.0. The van der Waals surface area contributed by atoms with Crippen molar-refractivity contribution in [2.24, 2.45) is 4.40 Å². The molecule has 4 amide bonds. The molecule has 0 heterocycles. The monoisotopic (exact) mass is 1360 g/mol. The summed E-state index contributed by atoms with van der Waals surface area (Å²) in [6.07, 6.45) is 5.58. The van der Waals surface area contributed by atoms with E-state index in [0.717, 1.165) is 45.5 Å². The Bertz CT molecular complexity index is 3130. The maximum atomic E-state index is 11.8. The lowest BCUT2D eigenvalue weighted by molar-refractivity contribution is -0.129. The second kappa shape index (κ2) is 39.4. The van der Waals surface area contributed by atoms with Gasteiger partial charge in [-0.3, -0.25) is 57.4 Å². The number of carbonyl (C=O) groups excluding carboxylic acids is 5. The molecule has 0 saturated carbocycles. The fourth-order valence-corrected chi connectivity index (χ4v) is 8.30. The Balaban J connectivity index is -0.000000126. The van der Waals surface area contributed by atoms with Gasteiger partial charge in [0.15, 0.2) is 16.0 Å². The molecule has 8 N–H and O–H groups in total. The fraction of sp³-hybridized carbons (Fsp3) is 0.581. The Morgan fingerprint density at radius 2 is 0.950 bits per heavy atom. The summed E-state index contributed by atoms with van der Waals surface area (Å²) in [6.45, 7) is 9.07. The van der Waals surface area contributed by atoms with E-state index < -0.39 is 122 Å². The lowest BCUT2D eigenvalue weighted by Gasteiger charge is -2.10. The number of alkyl halides is 6. The van der Waals surface area contributed by atoms with Crippen molar-refractivity contribution < 1.29 is 141 Å². The zero-order valence-corrected chi connectivity index (χ0v) is 51.5. The van der Waals surface area contributed by atoms with Crippen molar-refractivity contribution in [1.29, 1.82) is 5.26 Å². The molecule has 1 rings (SSSR count). The zero-order valence-electron chi connectivity index (χ0n) is 44.0. The summed E-state index contributed by atoms with van der Waals surface area (Å²) in [5.41, 5.74) is -9.59. The number of carbonyl (C=O) groups is 5. The summed E-state index contributed by atoms with van der Waals surface area (Å²) >= 11 is 0. The summed E-state index contributed by atoms with van der Waals surface area (Å²) < 4.78 is 264. The molecule has 474 valence electrons. The Hall–Kier alpha value is -5.06. The predicted octanol–water partition coefficient (Wildman–Crippen LogP) is -1.97. The molecule has 80 heavy (non-hydrogen) atoms. The minimum Gasteiger partial charge on any atom is -0.324 e. The van der Waals surface area contributed by atoms with Crippen LogP contribution in [0.1, 0.15) is 48.5 Å². The van der Waals surface area contributed by atoms with E-state index >= 15 is 0 Å². The second-order valence-corrected chi connectivity index (χ2v) is 29.8. The summed E-state index contributed by atoms with van der Waals surface area (Å²) in [5, 5.41) is 8.56. The number of amides is 4. The van der Waals surface area contributed by atoms with Crippen molar-refractivity contribution in [3.63, 3.8) is 0 Å². The number of hydroxylamine groups is 1. The van der Waals surface area contributed by atoms with Crippen LogP contribution in [-0.2, 0) is 118 Å². The summed E-state index contributed by atoms with van der Waals surface area (Å²) in [6, 6.07) is 8.00. The molecule has 1 aromatic carbocycles. The highest BCUT2D eigenvalue weighted by molar-refractivity contribution is 8.04. The molecule has 1 aromatic rings. The zero-order chi connectivity index (χ0) is 66.7. The van der Waals surface area contributed by atoms with Crippen LogP contribution in [0.5, 0.6) is 0 Å². The van der Waals surface area contributed by atoms with Gasteiger partial charge in [0, 0.05) is 41.5 Å². The van der Waals surface area contributed by atoms with Gasteiger partial charge in [0.1, 0.15) is 16.9 Å². The first-order chi connectivity index (χ1) is 34.7. The van der Waals surface area contributed by atoms with Crippen LogP contribution in [0, 0.1) is 11.5 Å². The van der Waals surface area contributed by atoms with Gasteiger partial charge in [-0.15, -0.1) is 8.53 Å². The predicted molar refractivity (Wildman–Crippen MR) is 271 cm³/mol. The van der Waals surface area contributed by atoms with Crippen LogP contribution in [0.2, 0.25) is 0 Å². The highest BCUT2D eigenvalue weighted by Gasteiger charge is 2.48. The minimum absolute atomic E-state index is 0.183. The summed E-state index contributed by atoms with van der Waals surface area (Å²) in [4.78, 5) is 63.0. The number of sulfone groups is 1. The molecule has 2 unspecified atom stereocenters. The average molecular weight is 1360 g/mol. The lowest BCUT2D eigenvalue weighted by Crippen LogP contribution is -2.40. The van der Waals surface area contributed by atoms with E-state index in [9.17, 15) is 122 Å². The first-order valence-corrected chi connectivity index (χ1v) is 34.8. The van der Waals surface area contributed by atoms with Crippen molar-refractivity contribution in [2.75, 3.05) is 52.2 Å². The highest BCUT2D eigenvalue weighted by atomic mass is 32.3. The van der Waals surface area contributed by atoms with Crippen LogP contribution in [0.4, 0.5) is 26.3 Å². The number of rotatable bonds is 11. The number of hydrogen-bond acceptors (Lipinski definition) is 25. The molecule has 0 bridgehead atoms. The van der Waals surface area contributed by atoms with Crippen molar-refractivity contribution >= 4 is 123 Å². The standard InChI is InChI=1S/C10H12O3S.C4H4F6N2O4S2.C3H4N2O.2C3H7NO3S.C3H7NO2.C2H7NO4S2.C2H7O3P.CH4O3S/c1-8(11)9(2)14(12,13)10-6-4-3-5-7-10;1-2(11-17(13,14)3(5,6)7)12-18(15,16)4(8,9)10;1-3(6)5-2-4;2*1-3(5)4-8(2,6)7;1-3(5)4-6-2;1-8(4,5)3-9(2,6)7;1-5-6(2,3)4;1-5(2,3)4/h3-7,9H,1-2H3;1H3,(H,11,12);1H3,(H,5,6);2*1-2H3,(H,4,5);1-2H3,(H,4,5);3H,1-2H3;1-2H3,(H,3,4);1H3,(H,2,3,4). The number of nitrogens with zero attached hydrogens (tertiary/aromatic N) is 2. The molecule has 0 aliphatic carbocycles. The van der Waals surface area contributed by atoms with E-state index in [2.05, 4.69) is 14.8 Å². The normalized spacial score (nSPS) is 12.8. The van der Waals surface area contributed by atoms with Crippen LogP contribution in [0.25, 0.3) is 0 Å². The number of benzene rings is 1. The third-order valence-electron chi connectivity index (χ3n) is 5.02. The maximum absolute atomic E-state index is 11.8. The third kappa shape index (κ3) is 72.9. The van der Waals surface area contributed by atoms with Crippen molar-refractivity contribution in [3.05, 3.63) is 30.3 Å². The minimum atomic E-state index is -6.12. The van der Waals surface area contributed by atoms with E-state index in [1.54, 1.807) is 27.6 Å². The average Bonchev–Trinajstić information content (AvgIpc) is 3.14. The number of nitrogens with one attached hydrogen (secondary N) is 6. The molecule has 49 heteroatoms. The van der Waals surface area contributed by atoms with Crippen LogP contribution < -0.4 is 29.1 Å². The van der Waals surface area contributed by atoms with Gasteiger partial charge in [0.25, 0.3) is 10.1 Å². The van der Waals surface area contributed by atoms with Gasteiger partial charge >= 0.3 is 38.7 Å². The SMILES string of the molecule is CC(=NS(=O)(=O)C(F)(F)F)NS(=O)(=O)C(F)(F)F.CC(=O)C(C)S(=O)(=O)c1ccccc1.CC(=O)NC#N.CC(=O)NS(C)(=O)=O.CC(=O)NS(C)(=O)=O.CONC(C)=O.COP(C)(=O)O.CS(=O)(=O)NS(C)(=O)=O.CS(=O)(=O)O. The van der Waals surface area contributed by atoms with Crippen LogP contribution in [0.15, 0.2) is 39.6 Å². The number of halogens is 6. The van der Waals surface area contributed by atoms with Gasteiger partial charge in [0.05, 0.1) is 43.3 Å². The first kappa shape index (κ1) is 91.4. The van der Waals surface area contributed by atoms with Crippen molar-refractivity contribution in [1.82, 2.24) is 29.1 Å². The molecule has 0 aromatic heterocycles. The maximum Gasteiger partial charge on any atom is 0.518 e. The van der Waals surface area contributed by atoms with E-state index in [1.807, 2.05) is 9.71 Å². The number of sulfonamides is 6. The van der Waals surface area contributed by atoms with Crippen molar-refractivity contribution in [3.8, 4) is 6.19 Å². The Morgan fingerprint density at radius 1 is 0.625 bits per heavy atom. The largest absolute Gasteiger partial charge is 0.518 e. The topological polar surface area (TPSA) is 543 Å². The summed E-state index contributed by atoms with van der Waals surface area (Å²) in [5.74, 6) is -3.56. The molecule has 0 aliphatic heterocycles. The van der Waals surface area contributed by atoms with Gasteiger partial charge in [-0.25, -0.2) is 47.6 Å². The molecule has 34 nitrogen and oxygen atoms in total. The molecule has 0 fully saturated rings. The van der Waals surface area contributed by atoms with Crippen LogP contribution in [0.3, 0.4) is 0 Å². The first-order valence-electron chi connectivity index (χ1n) is 18.9. The molecule has 0 radical (unpaired) electrons. The Labute approximate surface area is 458 Å². The smallest absolute Gasteiger partial charge is 0.324 e. The third-order valence-corrected chi connectivity index (χ3v) is 13.9. The quantitative estimate of drug-likeness (QED) is 0.0174. The number of hydrogen-bond donors (Lipinski definition) is 8. The molecule has 2 atom stereocenters. The molecular weight excluding hydrogens is 1300 g/mol. The number of nitriles is 1.